The van der Waals surface area contributed by atoms with Gasteiger partial charge >= 0.3 is 0 Å². The van der Waals surface area contributed by atoms with Crippen molar-refractivity contribution >= 4 is 23.8 Å². The van der Waals surface area contributed by atoms with Gasteiger partial charge in [0.2, 0.25) is 0 Å². The van der Waals surface area contributed by atoms with Crippen LogP contribution in [0.3, 0.4) is 0 Å². The maximum absolute atomic E-state index is 4.41. The topological polar surface area (TPSA) is 24.7 Å². The molecule has 0 unspecified atom stereocenters. The SMILES string of the molecule is CC.Cc1cc(C)cc(N=CC=Nc2cc(C)cc(C)c2)c1. The van der Waals surface area contributed by atoms with E-state index in [1.54, 1.807) is 12.4 Å². The van der Waals surface area contributed by atoms with Crippen molar-refractivity contribution < 1.29 is 0 Å². The number of nitrogens with zero attached hydrogens (tertiary/aromatic N) is 2. The van der Waals surface area contributed by atoms with Gasteiger partial charge in [-0.25, -0.2) is 0 Å². The molecule has 22 heavy (non-hydrogen) atoms. The fourth-order valence-electron chi connectivity index (χ4n) is 2.29. The Morgan fingerprint density at radius 3 is 1.09 bits per heavy atom. The maximum atomic E-state index is 4.41. The molecule has 0 atom stereocenters. The van der Waals surface area contributed by atoms with Crippen molar-refractivity contribution in [3.8, 4) is 0 Å². The molecule has 2 heteroatoms. The molecule has 0 saturated carbocycles. The van der Waals surface area contributed by atoms with Crippen LogP contribution in [0.4, 0.5) is 11.4 Å². The normalized spacial score (nSPS) is 10.8. The third-order valence-corrected chi connectivity index (χ3v) is 2.93. The summed E-state index contributed by atoms with van der Waals surface area (Å²) in [5.41, 5.74) is 6.84. The second kappa shape index (κ2) is 8.93. The van der Waals surface area contributed by atoms with E-state index < -0.39 is 0 Å². The van der Waals surface area contributed by atoms with Gasteiger partial charge in [0.05, 0.1) is 11.4 Å². The van der Waals surface area contributed by atoms with Crippen molar-refractivity contribution in [3.63, 3.8) is 0 Å². The zero-order chi connectivity index (χ0) is 16.5. The van der Waals surface area contributed by atoms with E-state index >= 15 is 0 Å². The van der Waals surface area contributed by atoms with Gasteiger partial charge in [0.25, 0.3) is 0 Å². The lowest BCUT2D eigenvalue weighted by atomic mass is 10.1. The standard InChI is InChI=1S/C18H20N2.C2H6/c1-13-7-14(2)10-17(9-13)19-5-6-20-18-11-15(3)8-16(4)12-18;1-2/h5-12H,1-4H3;1-2H3. The number of aryl methyl sites for hydroxylation is 4. The summed E-state index contributed by atoms with van der Waals surface area (Å²) in [5.74, 6) is 0. The monoisotopic (exact) mass is 294 g/mol. The predicted molar refractivity (Wildman–Crippen MR) is 99.5 cm³/mol. The smallest absolute Gasteiger partial charge is 0.0635 e. The summed E-state index contributed by atoms with van der Waals surface area (Å²) in [6, 6.07) is 12.5. The molecule has 0 amide bonds. The van der Waals surface area contributed by atoms with E-state index in [9.17, 15) is 0 Å². The number of benzene rings is 2. The molecule has 0 saturated heterocycles. The molecular formula is C20H26N2. The van der Waals surface area contributed by atoms with Gasteiger partial charge in [-0.1, -0.05) is 26.0 Å². The van der Waals surface area contributed by atoms with Crippen LogP contribution in [0.15, 0.2) is 46.4 Å². The molecule has 2 nitrogen and oxygen atoms in total. The summed E-state index contributed by atoms with van der Waals surface area (Å²) in [6.45, 7) is 12.3. The largest absolute Gasteiger partial charge is 0.255 e. The molecule has 0 fully saturated rings. The Balaban J connectivity index is 0.00000116. The molecule has 0 aliphatic rings. The first-order valence-corrected chi connectivity index (χ1v) is 7.76. The molecule has 0 radical (unpaired) electrons. The van der Waals surface area contributed by atoms with Gasteiger partial charge in [-0.15, -0.1) is 0 Å². The molecule has 2 rings (SSSR count). The first kappa shape index (κ1) is 17.8. The van der Waals surface area contributed by atoms with Crippen LogP contribution >= 0.6 is 0 Å². The number of hydrogen-bond donors (Lipinski definition) is 0. The van der Waals surface area contributed by atoms with Crippen LogP contribution in [0.1, 0.15) is 36.1 Å². The second-order valence-corrected chi connectivity index (χ2v) is 5.25. The second-order valence-electron chi connectivity index (χ2n) is 5.25. The van der Waals surface area contributed by atoms with E-state index in [4.69, 9.17) is 0 Å². The molecular weight excluding hydrogens is 268 g/mol. The molecule has 0 aliphatic heterocycles. The number of hydrogen-bond acceptors (Lipinski definition) is 2. The Morgan fingerprint density at radius 1 is 0.545 bits per heavy atom. The average Bonchev–Trinajstić information content (AvgIpc) is 2.44. The fraction of sp³-hybridized carbons (Fsp3) is 0.300. The zero-order valence-corrected chi connectivity index (χ0v) is 14.5. The minimum atomic E-state index is 0.967. The van der Waals surface area contributed by atoms with E-state index in [2.05, 4.69) is 74.1 Å². The van der Waals surface area contributed by atoms with Crippen molar-refractivity contribution in [2.24, 2.45) is 9.98 Å². The van der Waals surface area contributed by atoms with Crippen LogP contribution in [0.2, 0.25) is 0 Å². The fourth-order valence-corrected chi connectivity index (χ4v) is 2.29. The summed E-state index contributed by atoms with van der Waals surface area (Å²) in [6.07, 6.45) is 3.48. The van der Waals surface area contributed by atoms with Crippen molar-refractivity contribution in [2.75, 3.05) is 0 Å². The van der Waals surface area contributed by atoms with E-state index in [-0.39, 0.29) is 0 Å². The van der Waals surface area contributed by atoms with Crippen LogP contribution in [0.5, 0.6) is 0 Å². The molecule has 0 aliphatic carbocycles. The number of rotatable bonds is 3. The van der Waals surface area contributed by atoms with Crippen LogP contribution in [-0.2, 0) is 0 Å². The van der Waals surface area contributed by atoms with Crippen molar-refractivity contribution in [1.82, 2.24) is 0 Å². The summed E-state index contributed by atoms with van der Waals surface area (Å²) < 4.78 is 0. The van der Waals surface area contributed by atoms with Gasteiger partial charge in [0.1, 0.15) is 0 Å². The van der Waals surface area contributed by atoms with Crippen LogP contribution in [0.25, 0.3) is 0 Å². The first-order chi connectivity index (χ1) is 10.5. The minimum absolute atomic E-state index is 0.967. The summed E-state index contributed by atoms with van der Waals surface area (Å²) in [7, 11) is 0. The Hall–Kier alpha value is -2.22. The quantitative estimate of drug-likeness (QED) is 0.615. The van der Waals surface area contributed by atoms with Gasteiger partial charge in [0.15, 0.2) is 0 Å². The Labute approximate surface area is 134 Å². The van der Waals surface area contributed by atoms with Crippen LogP contribution in [-0.4, -0.2) is 12.4 Å². The van der Waals surface area contributed by atoms with Crippen LogP contribution in [0, 0.1) is 27.7 Å². The van der Waals surface area contributed by atoms with E-state index in [1.807, 2.05) is 13.8 Å². The van der Waals surface area contributed by atoms with Crippen LogP contribution < -0.4 is 0 Å². The van der Waals surface area contributed by atoms with Gasteiger partial charge < -0.3 is 0 Å². The van der Waals surface area contributed by atoms with Gasteiger partial charge in [0, 0.05) is 12.4 Å². The molecule has 0 bridgehead atoms. The summed E-state index contributed by atoms with van der Waals surface area (Å²) in [4.78, 5) is 8.83. The molecule has 0 spiro atoms. The molecule has 116 valence electrons. The summed E-state index contributed by atoms with van der Waals surface area (Å²) >= 11 is 0. The highest BCUT2D eigenvalue weighted by molar-refractivity contribution is 6.17. The minimum Gasteiger partial charge on any atom is -0.255 e. The highest BCUT2D eigenvalue weighted by Gasteiger charge is 1.93. The Morgan fingerprint density at radius 2 is 0.818 bits per heavy atom. The van der Waals surface area contributed by atoms with Gasteiger partial charge in [-0.2, -0.15) is 0 Å². The maximum Gasteiger partial charge on any atom is 0.0635 e. The highest BCUT2D eigenvalue weighted by Crippen LogP contribution is 2.17. The Kier molecular flexibility index (Phi) is 7.24. The number of aliphatic imine (C=N–C) groups is 2. The van der Waals surface area contributed by atoms with Crippen molar-refractivity contribution in [1.29, 1.82) is 0 Å². The molecule has 0 aromatic heterocycles. The van der Waals surface area contributed by atoms with Crippen molar-refractivity contribution in [2.45, 2.75) is 41.5 Å². The molecule has 0 N–H and O–H groups in total. The highest BCUT2D eigenvalue weighted by atomic mass is 14.8. The molecule has 2 aromatic carbocycles. The lowest BCUT2D eigenvalue weighted by Gasteiger charge is -1.99. The predicted octanol–water partition coefficient (Wildman–Crippen LogP) is 6.05. The Bertz CT molecular complexity index is 567. The van der Waals surface area contributed by atoms with E-state index in [0.717, 1.165) is 11.4 Å². The first-order valence-electron chi connectivity index (χ1n) is 7.76. The summed E-state index contributed by atoms with van der Waals surface area (Å²) in [5, 5.41) is 0. The average molecular weight is 294 g/mol. The van der Waals surface area contributed by atoms with Gasteiger partial charge in [-0.3, -0.25) is 9.98 Å². The third-order valence-electron chi connectivity index (χ3n) is 2.93. The molecule has 2 aromatic rings. The lowest BCUT2D eigenvalue weighted by molar-refractivity contribution is 1.36. The van der Waals surface area contributed by atoms with E-state index in [1.165, 1.54) is 22.3 Å². The lowest BCUT2D eigenvalue weighted by Crippen LogP contribution is -1.80. The van der Waals surface area contributed by atoms with Crippen molar-refractivity contribution in [3.05, 3.63) is 58.7 Å². The zero-order valence-electron chi connectivity index (χ0n) is 14.5. The molecule has 0 heterocycles. The van der Waals surface area contributed by atoms with Gasteiger partial charge in [-0.05, 0) is 74.2 Å². The third kappa shape index (κ3) is 6.04. The van der Waals surface area contributed by atoms with E-state index in [0.29, 0.717) is 0 Å².